The SMILES string of the molecule is C=C/C(C)=C1/CN(O)CC/C1=C/C. The van der Waals surface area contributed by atoms with Gasteiger partial charge in [0.25, 0.3) is 0 Å². The van der Waals surface area contributed by atoms with Crippen LogP contribution < -0.4 is 0 Å². The van der Waals surface area contributed by atoms with E-state index in [-0.39, 0.29) is 0 Å². The minimum Gasteiger partial charge on any atom is -0.314 e. The summed E-state index contributed by atoms with van der Waals surface area (Å²) in [5.41, 5.74) is 3.71. The predicted octanol–water partition coefficient (Wildman–Crippen LogP) is 2.53. The molecule has 0 aliphatic carbocycles. The normalized spacial score (nSPS) is 26.2. The van der Waals surface area contributed by atoms with Crippen LogP contribution in [0.5, 0.6) is 0 Å². The van der Waals surface area contributed by atoms with Crippen molar-refractivity contribution < 1.29 is 5.21 Å². The molecule has 1 aliphatic rings. The highest BCUT2D eigenvalue weighted by atomic mass is 16.5. The molecule has 0 spiro atoms. The Bertz CT molecular complexity index is 263. The van der Waals surface area contributed by atoms with E-state index in [1.54, 1.807) is 0 Å². The van der Waals surface area contributed by atoms with Gasteiger partial charge >= 0.3 is 0 Å². The molecule has 0 atom stereocenters. The number of hydrogen-bond donors (Lipinski definition) is 1. The summed E-state index contributed by atoms with van der Waals surface area (Å²) in [5, 5.41) is 10.7. The Labute approximate surface area is 79.8 Å². The summed E-state index contributed by atoms with van der Waals surface area (Å²) in [5.74, 6) is 0. The molecule has 0 amide bonds. The first-order valence-corrected chi connectivity index (χ1v) is 4.60. The van der Waals surface area contributed by atoms with Crippen LogP contribution in [0.4, 0.5) is 0 Å². The summed E-state index contributed by atoms with van der Waals surface area (Å²) in [6.45, 7) is 9.17. The maximum absolute atomic E-state index is 9.37. The van der Waals surface area contributed by atoms with Gasteiger partial charge in [0.2, 0.25) is 0 Å². The summed E-state index contributed by atoms with van der Waals surface area (Å²) in [6, 6.07) is 0. The molecule has 1 heterocycles. The Morgan fingerprint density at radius 1 is 1.62 bits per heavy atom. The molecule has 0 radical (unpaired) electrons. The third-order valence-electron chi connectivity index (χ3n) is 2.50. The van der Waals surface area contributed by atoms with Gasteiger partial charge in [0, 0.05) is 13.1 Å². The average molecular weight is 179 g/mol. The molecule has 1 saturated heterocycles. The zero-order valence-electron chi connectivity index (χ0n) is 8.38. The van der Waals surface area contributed by atoms with Crippen molar-refractivity contribution in [1.82, 2.24) is 5.06 Å². The van der Waals surface area contributed by atoms with E-state index in [0.717, 1.165) is 18.5 Å². The number of hydrogen-bond acceptors (Lipinski definition) is 2. The minimum atomic E-state index is 0.623. The van der Waals surface area contributed by atoms with E-state index in [4.69, 9.17) is 0 Å². The summed E-state index contributed by atoms with van der Waals surface area (Å²) < 4.78 is 0. The monoisotopic (exact) mass is 179 g/mol. The lowest BCUT2D eigenvalue weighted by Crippen LogP contribution is -2.29. The summed E-state index contributed by atoms with van der Waals surface area (Å²) in [4.78, 5) is 0. The first-order chi connectivity index (χ1) is 6.19. The Hall–Kier alpha value is -0.860. The highest BCUT2D eigenvalue weighted by Gasteiger charge is 2.17. The lowest BCUT2D eigenvalue weighted by Gasteiger charge is -2.26. The van der Waals surface area contributed by atoms with Crippen LogP contribution in [0.2, 0.25) is 0 Å². The number of hydroxylamine groups is 2. The quantitative estimate of drug-likeness (QED) is 0.668. The molecule has 0 aromatic carbocycles. The van der Waals surface area contributed by atoms with Crippen molar-refractivity contribution in [3.63, 3.8) is 0 Å². The fourth-order valence-electron chi connectivity index (χ4n) is 1.58. The van der Waals surface area contributed by atoms with Crippen molar-refractivity contribution in [2.24, 2.45) is 0 Å². The molecule has 0 aromatic rings. The molecule has 0 bridgehead atoms. The molecule has 1 fully saturated rings. The van der Waals surface area contributed by atoms with Crippen LogP contribution in [0, 0.1) is 0 Å². The highest BCUT2D eigenvalue weighted by Crippen LogP contribution is 2.24. The second-order valence-electron chi connectivity index (χ2n) is 3.32. The zero-order chi connectivity index (χ0) is 9.84. The standard InChI is InChI=1S/C11H17NO/c1-4-9(3)11-8-12(13)7-6-10(11)5-2/h4-5,13H,1,6-8H2,2-3H3/b10-5-,11-9-. The molecular formula is C11H17NO. The van der Waals surface area contributed by atoms with Gasteiger partial charge in [-0.05, 0) is 37.0 Å². The Balaban J connectivity index is 2.96. The van der Waals surface area contributed by atoms with Crippen molar-refractivity contribution in [2.45, 2.75) is 20.3 Å². The van der Waals surface area contributed by atoms with Crippen LogP contribution in [-0.2, 0) is 0 Å². The molecule has 2 nitrogen and oxygen atoms in total. The van der Waals surface area contributed by atoms with E-state index in [9.17, 15) is 5.21 Å². The molecule has 1 rings (SSSR count). The summed E-state index contributed by atoms with van der Waals surface area (Å²) >= 11 is 0. The first-order valence-electron chi connectivity index (χ1n) is 4.60. The van der Waals surface area contributed by atoms with Gasteiger partial charge in [-0.15, -0.1) is 0 Å². The van der Waals surface area contributed by atoms with Gasteiger partial charge in [-0.1, -0.05) is 18.7 Å². The van der Waals surface area contributed by atoms with E-state index in [1.807, 2.05) is 19.9 Å². The average Bonchev–Trinajstić information content (AvgIpc) is 2.16. The topological polar surface area (TPSA) is 23.5 Å². The Morgan fingerprint density at radius 2 is 2.31 bits per heavy atom. The maximum atomic E-state index is 9.37. The van der Waals surface area contributed by atoms with Gasteiger partial charge in [-0.3, -0.25) is 0 Å². The summed E-state index contributed by atoms with van der Waals surface area (Å²) in [6.07, 6.45) is 4.89. The number of piperidine rings is 1. The van der Waals surface area contributed by atoms with Crippen molar-refractivity contribution in [3.8, 4) is 0 Å². The van der Waals surface area contributed by atoms with Gasteiger partial charge in [0.1, 0.15) is 0 Å². The molecule has 1 N–H and O–H groups in total. The summed E-state index contributed by atoms with van der Waals surface area (Å²) in [7, 11) is 0. The second-order valence-corrected chi connectivity index (χ2v) is 3.32. The largest absolute Gasteiger partial charge is 0.314 e. The molecule has 2 heteroatoms. The molecule has 0 aromatic heterocycles. The van der Waals surface area contributed by atoms with Crippen LogP contribution in [-0.4, -0.2) is 23.4 Å². The van der Waals surface area contributed by atoms with Gasteiger partial charge in [0.15, 0.2) is 0 Å². The predicted molar refractivity (Wildman–Crippen MR) is 54.6 cm³/mol. The van der Waals surface area contributed by atoms with Crippen molar-refractivity contribution >= 4 is 0 Å². The van der Waals surface area contributed by atoms with Crippen LogP contribution in [0.3, 0.4) is 0 Å². The Morgan fingerprint density at radius 3 is 2.85 bits per heavy atom. The number of allylic oxidation sites excluding steroid dienone is 3. The van der Waals surface area contributed by atoms with E-state index in [2.05, 4.69) is 12.7 Å². The van der Waals surface area contributed by atoms with Gasteiger partial charge in [-0.2, -0.15) is 5.06 Å². The Kier molecular flexibility index (Phi) is 3.46. The third-order valence-corrected chi connectivity index (χ3v) is 2.50. The van der Waals surface area contributed by atoms with Gasteiger partial charge < -0.3 is 5.21 Å². The zero-order valence-corrected chi connectivity index (χ0v) is 8.38. The minimum absolute atomic E-state index is 0.623. The molecule has 0 unspecified atom stereocenters. The van der Waals surface area contributed by atoms with Crippen LogP contribution in [0.1, 0.15) is 20.3 Å². The second kappa shape index (κ2) is 4.40. The number of rotatable bonds is 1. The van der Waals surface area contributed by atoms with Crippen molar-refractivity contribution in [2.75, 3.05) is 13.1 Å². The van der Waals surface area contributed by atoms with E-state index in [0.29, 0.717) is 6.54 Å². The van der Waals surface area contributed by atoms with Gasteiger partial charge in [-0.25, -0.2) is 0 Å². The third kappa shape index (κ3) is 2.29. The molecule has 0 saturated carbocycles. The molecule has 72 valence electrons. The van der Waals surface area contributed by atoms with Gasteiger partial charge in [0.05, 0.1) is 0 Å². The smallest absolute Gasteiger partial charge is 0.0494 e. The fraction of sp³-hybridized carbons (Fsp3) is 0.455. The molecular weight excluding hydrogens is 162 g/mol. The number of nitrogens with zero attached hydrogens (tertiary/aromatic N) is 1. The fourth-order valence-corrected chi connectivity index (χ4v) is 1.58. The lowest BCUT2D eigenvalue weighted by molar-refractivity contribution is -0.0860. The van der Waals surface area contributed by atoms with Crippen LogP contribution >= 0.6 is 0 Å². The van der Waals surface area contributed by atoms with Crippen molar-refractivity contribution in [1.29, 1.82) is 0 Å². The maximum Gasteiger partial charge on any atom is 0.0494 e. The van der Waals surface area contributed by atoms with E-state index in [1.165, 1.54) is 16.2 Å². The lowest BCUT2D eigenvalue weighted by atomic mass is 9.94. The molecule has 13 heavy (non-hydrogen) atoms. The van der Waals surface area contributed by atoms with E-state index >= 15 is 0 Å². The van der Waals surface area contributed by atoms with Crippen LogP contribution in [0.15, 0.2) is 35.5 Å². The first kappa shape index (κ1) is 10.2. The molecule has 1 aliphatic heterocycles. The van der Waals surface area contributed by atoms with E-state index < -0.39 is 0 Å². The van der Waals surface area contributed by atoms with Crippen molar-refractivity contribution in [3.05, 3.63) is 35.5 Å². The highest BCUT2D eigenvalue weighted by molar-refractivity contribution is 5.40. The van der Waals surface area contributed by atoms with Crippen LogP contribution in [0.25, 0.3) is 0 Å².